The van der Waals surface area contributed by atoms with Crippen LogP contribution in [0.1, 0.15) is 31.9 Å². The van der Waals surface area contributed by atoms with Crippen molar-refractivity contribution in [1.29, 1.82) is 0 Å². The molecule has 1 fully saturated rings. The summed E-state index contributed by atoms with van der Waals surface area (Å²) in [5, 5.41) is 7.87. The van der Waals surface area contributed by atoms with E-state index >= 15 is 0 Å². The number of morpholine rings is 1. The molecule has 2 heterocycles. The first kappa shape index (κ1) is 10.1. The first-order valence-electron chi connectivity index (χ1n) is 5.21. The van der Waals surface area contributed by atoms with Gasteiger partial charge in [-0.05, 0) is 35.7 Å². The Labute approximate surface area is 89.3 Å². The van der Waals surface area contributed by atoms with Crippen molar-refractivity contribution >= 4 is 11.3 Å². The van der Waals surface area contributed by atoms with Gasteiger partial charge in [0.05, 0.1) is 12.7 Å². The van der Waals surface area contributed by atoms with Crippen LogP contribution in [0.2, 0.25) is 0 Å². The molecule has 0 saturated carbocycles. The van der Waals surface area contributed by atoms with E-state index in [-0.39, 0.29) is 6.10 Å². The van der Waals surface area contributed by atoms with Gasteiger partial charge in [-0.25, -0.2) is 0 Å². The number of ether oxygens (including phenoxy) is 1. The molecular formula is C11H17NOS. The van der Waals surface area contributed by atoms with Crippen LogP contribution in [0.4, 0.5) is 0 Å². The zero-order chi connectivity index (χ0) is 9.97. The van der Waals surface area contributed by atoms with Crippen LogP contribution in [0.15, 0.2) is 16.8 Å². The molecule has 78 valence electrons. The Morgan fingerprint density at radius 2 is 2.50 bits per heavy atom. The van der Waals surface area contributed by atoms with Crippen LogP contribution < -0.4 is 5.32 Å². The summed E-state index contributed by atoms with van der Waals surface area (Å²) >= 11 is 1.73. The zero-order valence-electron chi connectivity index (χ0n) is 8.69. The summed E-state index contributed by atoms with van der Waals surface area (Å²) in [7, 11) is 0. The number of hydrogen-bond donors (Lipinski definition) is 1. The number of nitrogens with one attached hydrogen (secondary N) is 1. The molecule has 1 aliphatic heterocycles. The van der Waals surface area contributed by atoms with E-state index in [4.69, 9.17) is 4.74 Å². The fourth-order valence-electron chi connectivity index (χ4n) is 1.93. The summed E-state index contributed by atoms with van der Waals surface area (Å²) in [6.45, 7) is 5.23. The molecule has 3 atom stereocenters. The number of rotatable bonds is 2. The second-order valence-corrected chi connectivity index (χ2v) is 4.65. The minimum Gasteiger partial charge on any atom is -0.370 e. The van der Waals surface area contributed by atoms with Gasteiger partial charge in [0.2, 0.25) is 0 Å². The molecule has 0 radical (unpaired) electrons. The highest BCUT2D eigenvalue weighted by molar-refractivity contribution is 7.07. The average Bonchev–Trinajstić information content (AvgIpc) is 2.70. The molecule has 3 unspecified atom stereocenters. The van der Waals surface area contributed by atoms with Gasteiger partial charge < -0.3 is 10.1 Å². The zero-order valence-corrected chi connectivity index (χ0v) is 9.51. The van der Waals surface area contributed by atoms with Crippen molar-refractivity contribution in [2.24, 2.45) is 0 Å². The normalized spacial score (nSPS) is 33.1. The topological polar surface area (TPSA) is 21.3 Å². The second-order valence-electron chi connectivity index (χ2n) is 3.87. The molecule has 1 aromatic rings. The van der Waals surface area contributed by atoms with E-state index in [1.165, 1.54) is 5.56 Å². The van der Waals surface area contributed by atoms with Gasteiger partial charge in [0.15, 0.2) is 0 Å². The predicted octanol–water partition coefficient (Wildman–Crippen LogP) is 2.58. The smallest absolute Gasteiger partial charge is 0.0983 e. The van der Waals surface area contributed by atoms with Gasteiger partial charge >= 0.3 is 0 Å². The van der Waals surface area contributed by atoms with Crippen molar-refractivity contribution < 1.29 is 4.74 Å². The van der Waals surface area contributed by atoms with Gasteiger partial charge in [-0.2, -0.15) is 11.3 Å². The molecule has 0 spiro atoms. The molecule has 1 N–H and O–H groups in total. The molecule has 2 rings (SSSR count). The summed E-state index contributed by atoms with van der Waals surface area (Å²) in [5.74, 6) is 0. The fourth-order valence-corrected chi connectivity index (χ4v) is 2.61. The third-order valence-corrected chi connectivity index (χ3v) is 3.50. The molecule has 0 aromatic carbocycles. The lowest BCUT2D eigenvalue weighted by atomic mass is 10.0. The summed E-state index contributed by atoms with van der Waals surface area (Å²) in [4.78, 5) is 0. The number of thiophene rings is 1. The van der Waals surface area contributed by atoms with Gasteiger partial charge in [0.1, 0.15) is 0 Å². The van der Waals surface area contributed by atoms with E-state index in [1.807, 2.05) is 0 Å². The Kier molecular flexibility index (Phi) is 3.21. The minimum atomic E-state index is 0.240. The van der Waals surface area contributed by atoms with Crippen LogP contribution >= 0.6 is 11.3 Å². The molecule has 2 nitrogen and oxygen atoms in total. The van der Waals surface area contributed by atoms with E-state index < -0.39 is 0 Å². The Morgan fingerprint density at radius 3 is 3.07 bits per heavy atom. The highest BCUT2D eigenvalue weighted by Crippen LogP contribution is 2.27. The van der Waals surface area contributed by atoms with Crippen molar-refractivity contribution in [1.82, 2.24) is 5.32 Å². The lowest BCUT2D eigenvalue weighted by molar-refractivity contribution is -0.0249. The van der Waals surface area contributed by atoms with Crippen LogP contribution in [0.5, 0.6) is 0 Å². The maximum absolute atomic E-state index is 5.88. The molecule has 14 heavy (non-hydrogen) atoms. The molecule has 1 aliphatic rings. The Bertz CT molecular complexity index is 273. The molecule has 3 heteroatoms. The summed E-state index contributed by atoms with van der Waals surface area (Å²) in [6.07, 6.45) is 1.38. The summed E-state index contributed by atoms with van der Waals surface area (Å²) < 4.78 is 5.88. The van der Waals surface area contributed by atoms with Crippen molar-refractivity contribution in [3.63, 3.8) is 0 Å². The second kappa shape index (κ2) is 4.43. The van der Waals surface area contributed by atoms with E-state index in [2.05, 4.69) is 36.0 Å². The van der Waals surface area contributed by atoms with E-state index in [9.17, 15) is 0 Å². The standard InChI is InChI=1S/C11H17NOS/c1-3-10-6-13-11(8(2)12-10)9-4-5-14-7-9/h4-5,7-8,10-12H,3,6H2,1-2H3. The lowest BCUT2D eigenvalue weighted by Crippen LogP contribution is -2.48. The van der Waals surface area contributed by atoms with Crippen LogP contribution in [0, 0.1) is 0 Å². The SMILES string of the molecule is CCC1COC(c2ccsc2)C(C)N1. The molecule has 1 saturated heterocycles. The molecule has 0 amide bonds. The third kappa shape index (κ3) is 2.00. The largest absolute Gasteiger partial charge is 0.370 e. The first-order valence-corrected chi connectivity index (χ1v) is 6.15. The van der Waals surface area contributed by atoms with E-state index in [0.29, 0.717) is 12.1 Å². The molecular weight excluding hydrogens is 194 g/mol. The fraction of sp³-hybridized carbons (Fsp3) is 0.636. The van der Waals surface area contributed by atoms with Crippen LogP contribution in [0.3, 0.4) is 0 Å². The average molecular weight is 211 g/mol. The van der Waals surface area contributed by atoms with Gasteiger partial charge in [0.25, 0.3) is 0 Å². The van der Waals surface area contributed by atoms with Crippen molar-refractivity contribution in [2.75, 3.05) is 6.61 Å². The minimum absolute atomic E-state index is 0.240. The Balaban J connectivity index is 2.02. The summed E-state index contributed by atoms with van der Waals surface area (Å²) in [6, 6.07) is 3.10. The summed E-state index contributed by atoms with van der Waals surface area (Å²) in [5.41, 5.74) is 1.31. The molecule has 0 aliphatic carbocycles. The monoisotopic (exact) mass is 211 g/mol. The molecule has 1 aromatic heterocycles. The van der Waals surface area contributed by atoms with E-state index in [0.717, 1.165) is 13.0 Å². The van der Waals surface area contributed by atoms with Gasteiger partial charge in [0, 0.05) is 12.1 Å². The molecule has 0 bridgehead atoms. The highest BCUT2D eigenvalue weighted by Gasteiger charge is 2.27. The van der Waals surface area contributed by atoms with Gasteiger partial charge in [-0.3, -0.25) is 0 Å². The van der Waals surface area contributed by atoms with Crippen LogP contribution in [-0.4, -0.2) is 18.7 Å². The maximum atomic E-state index is 5.88. The van der Waals surface area contributed by atoms with Crippen molar-refractivity contribution in [2.45, 2.75) is 38.5 Å². The maximum Gasteiger partial charge on any atom is 0.0983 e. The van der Waals surface area contributed by atoms with Gasteiger partial charge in [-0.1, -0.05) is 6.92 Å². The third-order valence-electron chi connectivity index (χ3n) is 2.79. The van der Waals surface area contributed by atoms with Crippen molar-refractivity contribution in [3.8, 4) is 0 Å². The first-order chi connectivity index (χ1) is 6.81. The lowest BCUT2D eigenvalue weighted by Gasteiger charge is -2.35. The quantitative estimate of drug-likeness (QED) is 0.812. The van der Waals surface area contributed by atoms with Crippen molar-refractivity contribution in [3.05, 3.63) is 22.4 Å². The van der Waals surface area contributed by atoms with Crippen LogP contribution in [-0.2, 0) is 4.74 Å². The Hall–Kier alpha value is -0.380. The Morgan fingerprint density at radius 1 is 1.64 bits per heavy atom. The number of hydrogen-bond acceptors (Lipinski definition) is 3. The predicted molar refractivity (Wildman–Crippen MR) is 59.7 cm³/mol. The van der Waals surface area contributed by atoms with Crippen LogP contribution in [0.25, 0.3) is 0 Å². The van der Waals surface area contributed by atoms with Gasteiger partial charge in [-0.15, -0.1) is 0 Å². The van der Waals surface area contributed by atoms with E-state index in [1.54, 1.807) is 11.3 Å². The highest BCUT2D eigenvalue weighted by atomic mass is 32.1.